The van der Waals surface area contributed by atoms with E-state index in [1.807, 2.05) is 0 Å². The maximum Gasteiger partial charge on any atom is 0.337 e. The SMILES string of the molecule is NC1CC(=O)N(c2cnccc2C(=O)O)C1. The van der Waals surface area contributed by atoms with E-state index < -0.39 is 5.97 Å². The second-order valence-electron chi connectivity index (χ2n) is 3.67. The van der Waals surface area contributed by atoms with Crippen LogP contribution in [0.2, 0.25) is 0 Å². The average molecular weight is 221 g/mol. The zero-order valence-corrected chi connectivity index (χ0v) is 8.46. The van der Waals surface area contributed by atoms with E-state index in [9.17, 15) is 9.59 Å². The van der Waals surface area contributed by atoms with Crippen molar-refractivity contribution in [2.75, 3.05) is 11.4 Å². The molecule has 1 aromatic rings. The molecule has 2 rings (SSSR count). The lowest BCUT2D eigenvalue weighted by Crippen LogP contribution is -2.29. The zero-order valence-electron chi connectivity index (χ0n) is 8.46. The molecule has 1 aromatic heterocycles. The normalized spacial score (nSPS) is 20.2. The third kappa shape index (κ3) is 1.74. The summed E-state index contributed by atoms with van der Waals surface area (Å²) in [5.41, 5.74) is 6.03. The molecule has 6 heteroatoms. The fraction of sp³-hybridized carbons (Fsp3) is 0.300. The van der Waals surface area contributed by atoms with Gasteiger partial charge < -0.3 is 15.7 Å². The molecule has 3 N–H and O–H groups in total. The second kappa shape index (κ2) is 3.90. The van der Waals surface area contributed by atoms with Gasteiger partial charge >= 0.3 is 5.97 Å². The Kier molecular flexibility index (Phi) is 2.57. The number of hydrogen-bond donors (Lipinski definition) is 2. The van der Waals surface area contributed by atoms with Crippen molar-refractivity contribution in [3.8, 4) is 0 Å². The molecule has 0 aliphatic carbocycles. The number of carbonyl (C=O) groups excluding carboxylic acids is 1. The molecule has 1 aliphatic heterocycles. The van der Waals surface area contributed by atoms with Crippen molar-refractivity contribution in [2.45, 2.75) is 12.5 Å². The zero-order chi connectivity index (χ0) is 11.7. The van der Waals surface area contributed by atoms with E-state index in [0.717, 1.165) is 0 Å². The van der Waals surface area contributed by atoms with Crippen LogP contribution in [0.5, 0.6) is 0 Å². The predicted molar refractivity (Wildman–Crippen MR) is 56.1 cm³/mol. The topological polar surface area (TPSA) is 96.5 Å². The van der Waals surface area contributed by atoms with Gasteiger partial charge in [0.25, 0.3) is 0 Å². The summed E-state index contributed by atoms with van der Waals surface area (Å²) < 4.78 is 0. The Bertz CT molecular complexity index is 447. The van der Waals surface area contributed by atoms with Crippen LogP contribution in [-0.2, 0) is 4.79 Å². The Morgan fingerprint density at radius 3 is 2.94 bits per heavy atom. The fourth-order valence-corrected chi connectivity index (χ4v) is 1.75. The standard InChI is InChI=1S/C10H11N3O3/c11-6-3-9(14)13(5-6)8-4-12-2-1-7(8)10(15)16/h1-2,4,6H,3,5,11H2,(H,15,16). The van der Waals surface area contributed by atoms with Gasteiger partial charge in [0.15, 0.2) is 0 Å². The van der Waals surface area contributed by atoms with Crippen LogP contribution in [-0.4, -0.2) is 34.6 Å². The van der Waals surface area contributed by atoms with Crippen LogP contribution in [0.25, 0.3) is 0 Å². The van der Waals surface area contributed by atoms with Crippen molar-refractivity contribution >= 4 is 17.6 Å². The van der Waals surface area contributed by atoms with E-state index in [2.05, 4.69) is 4.98 Å². The number of rotatable bonds is 2. The first-order valence-electron chi connectivity index (χ1n) is 4.83. The first-order valence-corrected chi connectivity index (χ1v) is 4.83. The van der Waals surface area contributed by atoms with Crippen LogP contribution in [0.15, 0.2) is 18.5 Å². The van der Waals surface area contributed by atoms with Crippen LogP contribution >= 0.6 is 0 Å². The number of hydrogen-bond acceptors (Lipinski definition) is 4. The van der Waals surface area contributed by atoms with Gasteiger partial charge in [-0.3, -0.25) is 9.78 Å². The van der Waals surface area contributed by atoms with E-state index in [1.54, 1.807) is 0 Å². The number of pyridine rings is 1. The lowest BCUT2D eigenvalue weighted by atomic mass is 10.2. The number of aromatic nitrogens is 1. The Morgan fingerprint density at radius 2 is 2.38 bits per heavy atom. The van der Waals surface area contributed by atoms with E-state index in [0.29, 0.717) is 12.2 Å². The molecular weight excluding hydrogens is 210 g/mol. The van der Waals surface area contributed by atoms with E-state index in [1.165, 1.54) is 23.4 Å². The number of carboxylic acid groups (broad SMARTS) is 1. The smallest absolute Gasteiger partial charge is 0.337 e. The molecule has 1 fully saturated rings. The van der Waals surface area contributed by atoms with Gasteiger partial charge in [-0.15, -0.1) is 0 Å². The molecule has 0 aromatic carbocycles. The summed E-state index contributed by atoms with van der Waals surface area (Å²) in [5, 5.41) is 8.98. The largest absolute Gasteiger partial charge is 0.478 e. The van der Waals surface area contributed by atoms with Crippen molar-refractivity contribution in [1.82, 2.24) is 4.98 Å². The number of carboxylic acids is 1. The first kappa shape index (κ1) is 10.6. The number of nitrogens with zero attached hydrogens (tertiary/aromatic N) is 2. The minimum atomic E-state index is -1.08. The lowest BCUT2D eigenvalue weighted by Gasteiger charge is -2.17. The third-order valence-corrected chi connectivity index (χ3v) is 2.48. The number of carbonyl (C=O) groups is 2. The average Bonchev–Trinajstić information content (AvgIpc) is 2.57. The number of nitrogens with two attached hydrogens (primary N) is 1. The molecule has 16 heavy (non-hydrogen) atoms. The van der Waals surface area contributed by atoms with Crippen LogP contribution in [0.4, 0.5) is 5.69 Å². The maximum atomic E-state index is 11.6. The molecule has 0 bridgehead atoms. The van der Waals surface area contributed by atoms with Gasteiger partial charge in [-0.1, -0.05) is 0 Å². The van der Waals surface area contributed by atoms with E-state index in [-0.39, 0.29) is 23.9 Å². The molecule has 1 amide bonds. The summed E-state index contributed by atoms with van der Waals surface area (Å²) >= 11 is 0. The quantitative estimate of drug-likeness (QED) is 0.723. The Balaban J connectivity index is 2.40. The van der Waals surface area contributed by atoms with Crippen LogP contribution in [0.3, 0.4) is 0 Å². The highest BCUT2D eigenvalue weighted by atomic mass is 16.4. The Hall–Kier alpha value is -1.95. The number of aromatic carboxylic acids is 1. The van der Waals surface area contributed by atoms with E-state index in [4.69, 9.17) is 10.8 Å². The summed E-state index contributed by atoms with van der Waals surface area (Å²) in [6.45, 7) is 0.338. The summed E-state index contributed by atoms with van der Waals surface area (Å²) in [7, 11) is 0. The monoisotopic (exact) mass is 221 g/mol. The minimum absolute atomic E-state index is 0.0671. The molecule has 0 radical (unpaired) electrons. The van der Waals surface area contributed by atoms with Crippen LogP contribution < -0.4 is 10.6 Å². The van der Waals surface area contributed by atoms with Gasteiger partial charge in [0.1, 0.15) is 0 Å². The van der Waals surface area contributed by atoms with Crippen molar-refractivity contribution in [3.05, 3.63) is 24.0 Å². The molecule has 1 unspecified atom stereocenters. The summed E-state index contributed by atoms with van der Waals surface area (Å²) in [4.78, 5) is 27.8. The highest BCUT2D eigenvalue weighted by molar-refractivity contribution is 6.03. The summed E-state index contributed by atoms with van der Waals surface area (Å²) in [6.07, 6.45) is 3.00. The molecular formula is C10H11N3O3. The van der Waals surface area contributed by atoms with Crippen molar-refractivity contribution in [1.29, 1.82) is 0 Å². The molecule has 6 nitrogen and oxygen atoms in total. The summed E-state index contributed by atoms with van der Waals surface area (Å²) in [5.74, 6) is -1.24. The van der Waals surface area contributed by atoms with Crippen LogP contribution in [0, 0.1) is 0 Å². The number of anilines is 1. The van der Waals surface area contributed by atoms with Crippen LogP contribution in [0.1, 0.15) is 16.8 Å². The fourth-order valence-electron chi connectivity index (χ4n) is 1.75. The number of amides is 1. The van der Waals surface area contributed by atoms with Crippen molar-refractivity contribution < 1.29 is 14.7 Å². The highest BCUT2D eigenvalue weighted by Crippen LogP contribution is 2.23. The first-order chi connectivity index (χ1) is 7.59. The molecule has 1 atom stereocenters. The third-order valence-electron chi connectivity index (χ3n) is 2.48. The van der Waals surface area contributed by atoms with E-state index >= 15 is 0 Å². The van der Waals surface area contributed by atoms with Gasteiger partial charge in [-0.05, 0) is 6.07 Å². The van der Waals surface area contributed by atoms with Gasteiger partial charge in [-0.25, -0.2) is 4.79 Å². The summed E-state index contributed by atoms with van der Waals surface area (Å²) in [6, 6.07) is 1.13. The van der Waals surface area contributed by atoms with Gasteiger partial charge in [-0.2, -0.15) is 0 Å². The lowest BCUT2D eigenvalue weighted by molar-refractivity contribution is -0.117. The van der Waals surface area contributed by atoms with Gasteiger partial charge in [0.2, 0.25) is 5.91 Å². The Labute approximate surface area is 91.7 Å². The highest BCUT2D eigenvalue weighted by Gasteiger charge is 2.30. The molecule has 1 saturated heterocycles. The molecule has 1 aliphatic rings. The minimum Gasteiger partial charge on any atom is -0.478 e. The maximum absolute atomic E-state index is 11.6. The van der Waals surface area contributed by atoms with Crippen molar-refractivity contribution in [3.63, 3.8) is 0 Å². The molecule has 84 valence electrons. The molecule has 2 heterocycles. The Morgan fingerprint density at radius 1 is 1.62 bits per heavy atom. The van der Waals surface area contributed by atoms with Gasteiger partial charge in [0, 0.05) is 25.2 Å². The molecule has 0 saturated carbocycles. The second-order valence-corrected chi connectivity index (χ2v) is 3.67. The predicted octanol–water partition coefficient (Wildman–Crippen LogP) is -0.156. The molecule has 0 spiro atoms. The van der Waals surface area contributed by atoms with Crippen molar-refractivity contribution in [2.24, 2.45) is 5.73 Å². The van der Waals surface area contributed by atoms with Gasteiger partial charge in [0.05, 0.1) is 17.4 Å².